The Bertz CT molecular complexity index is 894. The summed E-state index contributed by atoms with van der Waals surface area (Å²) in [6.07, 6.45) is 3.25. The normalized spacial score (nSPS) is 10.8. The molecule has 1 aromatic carbocycles. The summed E-state index contributed by atoms with van der Waals surface area (Å²) in [5.74, 6) is 0.454. The monoisotopic (exact) mass is 364 g/mol. The minimum absolute atomic E-state index is 0.214. The van der Waals surface area contributed by atoms with Gasteiger partial charge in [0, 0.05) is 23.1 Å². The third kappa shape index (κ3) is 2.52. The molecule has 3 aromatic rings. The molecule has 106 valence electrons. The maximum Gasteiger partial charge on any atom is 0.278 e. The highest BCUT2D eigenvalue weighted by molar-refractivity contribution is 9.10. The van der Waals surface area contributed by atoms with E-state index in [2.05, 4.69) is 31.3 Å². The number of fused-ring (bicyclic) bond motifs is 1. The van der Waals surface area contributed by atoms with Gasteiger partial charge in [-0.25, -0.2) is 9.67 Å². The first kappa shape index (κ1) is 14.0. The zero-order valence-electron chi connectivity index (χ0n) is 11.0. The average molecular weight is 366 g/mol. The molecule has 2 aromatic heterocycles. The summed E-state index contributed by atoms with van der Waals surface area (Å²) in [5, 5.41) is 8.84. The van der Waals surface area contributed by atoms with E-state index in [0.29, 0.717) is 21.9 Å². The molecule has 0 saturated carbocycles. The van der Waals surface area contributed by atoms with E-state index in [0.717, 1.165) is 9.86 Å². The van der Waals surface area contributed by atoms with Crippen LogP contribution < -0.4 is 10.9 Å². The van der Waals surface area contributed by atoms with E-state index in [9.17, 15) is 4.79 Å². The van der Waals surface area contributed by atoms with Crippen molar-refractivity contribution in [2.45, 2.75) is 0 Å². The number of anilines is 2. The van der Waals surface area contributed by atoms with Crippen LogP contribution in [0.25, 0.3) is 10.8 Å². The van der Waals surface area contributed by atoms with Crippen LogP contribution in [0.2, 0.25) is 5.02 Å². The molecule has 1 N–H and O–H groups in total. The Morgan fingerprint density at radius 2 is 2.14 bits per heavy atom. The lowest BCUT2D eigenvalue weighted by Crippen LogP contribution is -2.20. The van der Waals surface area contributed by atoms with E-state index in [1.807, 2.05) is 18.2 Å². The number of aromatic nitrogens is 3. The number of benzene rings is 1. The summed E-state index contributed by atoms with van der Waals surface area (Å²) in [6, 6.07) is 7.26. The molecule has 0 fully saturated rings. The highest BCUT2D eigenvalue weighted by Crippen LogP contribution is 2.32. The molecule has 0 spiro atoms. The average Bonchev–Trinajstić information content (AvgIpc) is 2.48. The minimum Gasteiger partial charge on any atom is -0.338 e. The molecule has 5 nitrogen and oxygen atoms in total. The second kappa shape index (κ2) is 5.46. The standard InChI is InChI=1S/C14H10BrClN4O/c1-20-14(21)11-8(7-18-20)5-6-17-13(11)19-10-4-2-3-9(15)12(10)16/h2-7H,1H3,(H,17,19). The van der Waals surface area contributed by atoms with Crippen molar-refractivity contribution in [3.8, 4) is 0 Å². The fraction of sp³-hybridized carbons (Fsp3) is 0.0714. The van der Waals surface area contributed by atoms with Gasteiger partial charge in [-0.3, -0.25) is 4.79 Å². The highest BCUT2D eigenvalue weighted by atomic mass is 79.9. The smallest absolute Gasteiger partial charge is 0.278 e. The van der Waals surface area contributed by atoms with Crippen molar-refractivity contribution < 1.29 is 0 Å². The van der Waals surface area contributed by atoms with Crippen molar-refractivity contribution in [2.75, 3.05) is 5.32 Å². The fourth-order valence-corrected chi connectivity index (χ4v) is 2.53. The third-order valence-electron chi connectivity index (χ3n) is 3.07. The number of nitrogens with zero attached hydrogens (tertiary/aromatic N) is 3. The largest absolute Gasteiger partial charge is 0.338 e. The number of nitrogens with one attached hydrogen (secondary N) is 1. The molecule has 0 radical (unpaired) electrons. The van der Waals surface area contributed by atoms with Crippen LogP contribution in [-0.4, -0.2) is 14.8 Å². The Labute approximate surface area is 133 Å². The van der Waals surface area contributed by atoms with E-state index in [1.165, 1.54) is 4.68 Å². The van der Waals surface area contributed by atoms with Crippen LogP contribution in [0.15, 0.2) is 45.9 Å². The minimum atomic E-state index is -0.214. The molecule has 3 rings (SSSR count). The quantitative estimate of drug-likeness (QED) is 0.755. The topological polar surface area (TPSA) is 59.8 Å². The Morgan fingerprint density at radius 3 is 2.95 bits per heavy atom. The van der Waals surface area contributed by atoms with Crippen LogP contribution in [-0.2, 0) is 7.05 Å². The molecule has 0 aliphatic rings. The van der Waals surface area contributed by atoms with Crippen LogP contribution in [0.1, 0.15) is 0 Å². The number of aryl methyl sites for hydroxylation is 1. The van der Waals surface area contributed by atoms with Crippen LogP contribution >= 0.6 is 27.5 Å². The van der Waals surface area contributed by atoms with Gasteiger partial charge in [0.05, 0.1) is 22.3 Å². The van der Waals surface area contributed by atoms with Crippen molar-refractivity contribution in [1.29, 1.82) is 0 Å². The first-order valence-corrected chi connectivity index (χ1v) is 7.27. The molecule has 0 amide bonds. The Hall–Kier alpha value is -1.92. The second-order valence-electron chi connectivity index (χ2n) is 4.42. The molecule has 0 bridgehead atoms. The van der Waals surface area contributed by atoms with Gasteiger partial charge in [-0.05, 0) is 34.1 Å². The molecule has 0 aliphatic carbocycles. The summed E-state index contributed by atoms with van der Waals surface area (Å²) in [5.41, 5.74) is 0.458. The van der Waals surface area contributed by atoms with E-state index in [4.69, 9.17) is 11.6 Å². The molecular weight excluding hydrogens is 356 g/mol. The zero-order valence-corrected chi connectivity index (χ0v) is 13.3. The van der Waals surface area contributed by atoms with E-state index < -0.39 is 0 Å². The summed E-state index contributed by atoms with van der Waals surface area (Å²) < 4.78 is 2.04. The Morgan fingerprint density at radius 1 is 1.33 bits per heavy atom. The Kier molecular flexibility index (Phi) is 3.65. The molecule has 7 heteroatoms. The van der Waals surface area contributed by atoms with Crippen LogP contribution in [0.4, 0.5) is 11.5 Å². The van der Waals surface area contributed by atoms with Crippen molar-refractivity contribution in [1.82, 2.24) is 14.8 Å². The van der Waals surface area contributed by atoms with Crippen molar-refractivity contribution in [2.24, 2.45) is 7.05 Å². The first-order valence-electron chi connectivity index (χ1n) is 6.10. The summed E-state index contributed by atoms with van der Waals surface area (Å²) in [7, 11) is 1.60. The zero-order chi connectivity index (χ0) is 15.0. The summed E-state index contributed by atoms with van der Waals surface area (Å²) >= 11 is 9.60. The van der Waals surface area contributed by atoms with E-state index in [1.54, 1.807) is 25.5 Å². The van der Waals surface area contributed by atoms with E-state index >= 15 is 0 Å². The lowest BCUT2D eigenvalue weighted by molar-refractivity contribution is 0.718. The number of halogens is 2. The third-order valence-corrected chi connectivity index (χ3v) is 4.36. The van der Waals surface area contributed by atoms with Gasteiger partial charge < -0.3 is 5.32 Å². The van der Waals surface area contributed by atoms with Crippen LogP contribution in [0.3, 0.4) is 0 Å². The van der Waals surface area contributed by atoms with Gasteiger partial charge in [0.25, 0.3) is 5.56 Å². The lowest BCUT2D eigenvalue weighted by atomic mass is 10.2. The molecule has 0 unspecified atom stereocenters. The van der Waals surface area contributed by atoms with Gasteiger partial charge in [-0.1, -0.05) is 17.7 Å². The molecule has 0 saturated heterocycles. The number of rotatable bonds is 2. The number of hydrogen-bond donors (Lipinski definition) is 1. The maximum absolute atomic E-state index is 12.3. The predicted molar refractivity (Wildman–Crippen MR) is 87.2 cm³/mol. The van der Waals surface area contributed by atoms with Crippen molar-refractivity contribution in [3.63, 3.8) is 0 Å². The van der Waals surface area contributed by atoms with Crippen molar-refractivity contribution >= 4 is 49.8 Å². The van der Waals surface area contributed by atoms with Gasteiger partial charge >= 0.3 is 0 Å². The van der Waals surface area contributed by atoms with Crippen LogP contribution in [0, 0.1) is 0 Å². The predicted octanol–water partition coefficient (Wildman–Crippen LogP) is 3.49. The molecular formula is C14H10BrClN4O. The fourth-order valence-electron chi connectivity index (χ4n) is 1.99. The molecule has 0 atom stereocenters. The SMILES string of the molecule is Cn1ncc2ccnc(Nc3cccc(Br)c3Cl)c2c1=O. The van der Waals surface area contributed by atoms with E-state index in [-0.39, 0.29) is 5.56 Å². The maximum atomic E-state index is 12.3. The first-order chi connectivity index (χ1) is 10.1. The van der Waals surface area contributed by atoms with Gasteiger partial charge in [-0.2, -0.15) is 5.10 Å². The van der Waals surface area contributed by atoms with Crippen LogP contribution in [0.5, 0.6) is 0 Å². The van der Waals surface area contributed by atoms with Gasteiger partial charge in [0.15, 0.2) is 0 Å². The number of pyridine rings is 1. The second-order valence-corrected chi connectivity index (χ2v) is 5.66. The highest BCUT2D eigenvalue weighted by Gasteiger charge is 2.11. The molecule has 2 heterocycles. The van der Waals surface area contributed by atoms with Gasteiger partial charge in [-0.15, -0.1) is 0 Å². The number of hydrogen-bond acceptors (Lipinski definition) is 4. The molecule has 0 aliphatic heterocycles. The van der Waals surface area contributed by atoms with Gasteiger partial charge in [0.2, 0.25) is 0 Å². The summed E-state index contributed by atoms with van der Waals surface area (Å²) in [4.78, 5) is 16.5. The molecule has 21 heavy (non-hydrogen) atoms. The summed E-state index contributed by atoms with van der Waals surface area (Å²) in [6.45, 7) is 0. The van der Waals surface area contributed by atoms with Gasteiger partial charge in [0.1, 0.15) is 5.82 Å². The lowest BCUT2D eigenvalue weighted by Gasteiger charge is -2.11. The van der Waals surface area contributed by atoms with Crippen molar-refractivity contribution in [3.05, 3.63) is 56.5 Å². The Balaban J connectivity index is 2.19.